The molecule has 5 rings (SSSR count). The van der Waals surface area contributed by atoms with Crippen molar-refractivity contribution in [3.63, 3.8) is 0 Å². The molecule has 3 heterocycles. The van der Waals surface area contributed by atoms with Gasteiger partial charge in [0.2, 0.25) is 11.8 Å². The van der Waals surface area contributed by atoms with Crippen LogP contribution in [0.25, 0.3) is 22.4 Å². The Morgan fingerprint density at radius 3 is 2.42 bits per heavy atom. The van der Waals surface area contributed by atoms with Crippen molar-refractivity contribution in [3.8, 4) is 34.0 Å². The van der Waals surface area contributed by atoms with Gasteiger partial charge in [0.1, 0.15) is 5.75 Å². The molecular formula is C28H25N7O. The fourth-order valence-electron chi connectivity index (χ4n) is 3.77. The van der Waals surface area contributed by atoms with Gasteiger partial charge in [-0.25, -0.2) is 15.0 Å². The molecule has 0 radical (unpaired) electrons. The summed E-state index contributed by atoms with van der Waals surface area (Å²) in [4.78, 5) is 13.1. The second-order valence-electron chi connectivity index (χ2n) is 7.93. The first-order valence-electron chi connectivity index (χ1n) is 11.7. The Morgan fingerprint density at radius 2 is 1.64 bits per heavy atom. The fraction of sp³-hybridized carbons (Fsp3) is 0.107. The number of hydrogen-bond acceptors (Lipinski definition) is 8. The van der Waals surface area contributed by atoms with Crippen molar-refractivity contribution < 1.29 is 4.74 Å². The number of pyridine rings is 1. The van der Waals surface area contributed by atoms with Gasteiger partial charge < -0.3 is 15.4 Å². The Labute approximate surface area is 209 Å². The third kappa shape index (κ3) is 5.12. The van der Waals surface area contributed by atoms with Crippen molar-refractivity contribution in [1.29, 1.82) is 0 Å². The average Bonchev–Trinajstić information content (AvgIpc) is 2.95. The van der Waals surface area contributed by atoms with Gasteiger partial charge in [-0.05, 0) is 60.5 Å². The Balaban J connectivity index is 1.35. The number of nitrogens with zero attached hydrogens (tertiary/aromatic N) is 5. The highest BCUT2D eigenvalue weighted by Crippen LogP contribution is 2.31. The minimum absolute atomic E-state index is 0.465. The topological polar surface area (TPSA) is 97.7 Å². The smallest absolute Gasteiger partial charge is 0.228 e. The molecule has 0 atom stereocenters. The van der Waals surface area contributed by atoms with Crippen molar-refractivity contribution in [2.45, 2.75) is 13.3 Å². The monoisotopic (exact) mass is 475 g/mol. The van der Waals surface area contributed by atoms with Crippen LogP contribution in [0.5, 0.6) is 11.6 Å². The Kier molecular flexibility index (Phi) is 6.75. The quantitative estimate of drug-likeness (QED) is 0.276. The highest BCUT2D eigenvalue weighted by Gasteiger charge is 2.12. The van der Waals surface area contributed by atoms with Gasteiger partial charge in [-0.2, -0.15) is 5.10 Å². The van der Waals surface area contributed by atoms with Crippen LogP contribution in [-0.4, -0.2) is 32.2 Å². The Hall–Kier alpha value is -4.85. The first kappa shape index (κ1) is 22.9. The number of aryl methyl sites for hydroxylation is 1. The molecule has 0 unspecified atom stereocenters. The Bertz CT molecular complexity index is 1460. The van der Waals surface area contributed by atoms with E-state index in [1.54, 1.807) is 19.4 Å². The lowest BCUT2D eigenvalue weighted by molar-refractivity contribution is 0.465. The van der Waals surface area contributed by atoms with Crippen molar-refractivity contribution in [3.05, 3.63) is 97.0 Å². The molecule has 0 fully saturated rings. The molecule has 3 aromatic heterocycles. The summed E-state index contributed by atoms with van der Waals surface area (Å²) in [6.45, 7) is 2.08. The first-order valence-corrected chi connectivity index (χ1v) is 11.7. The summed E-state index contributed by atoms with van der Waals surface area (Å²) < 4.78 is 6.10. The second-order valence-corrected chi connectivity index (χ2v) is 7.93. The van der Waals surface area contributed by atoms with Gasteiger partial charge in [0, 0.05) is 30.7 Å². The van der Waals surface area contributed by atoms with Gasteiger partial charge in [-0.1, -0.05) is 37.3 Å². The van der Waals surface area contributed by atoms with Crippen LogP contribution in [-0.2, 0) is 6.42 Å². The molecule has 0 bridgehead atoms. The minimum atomic E-state index is 0.465. The lowest BCUT2D eigenvalue weighted by Crippen LogP contribution is -2.01. The third-order valence-electron chi connectivity index (χ3n) is 5.56. The van der Waals surface area contributed by atoms with Gasteiger partial charge in [-0.15, -0.1) is 5.10 Å². The van der Waals surface area contributed by atoms with Gasteiger partial charge in [-0.3, -0.25) is 0 Å². The zero-order valence-corrected chi connectivity index (χ0v) is 20.0. The van der Waals surface area contributed by atoms with E-state index in [-0.39, 0.29) is 0 Å². The maximum Gasteiger partial charge on any atom is 0.228 e. The van der Waals surface area contributed by atoms with Crippen molar-refractivity contribution >= 4 is 17.5 Å². The van der Waals surface area contributed by atoms with Crippen molar-refractivity contribution in [2.24, 2.45) is 0 Å². The lowest BCUT2D eigenvalue weighted by atomic mass is 10.0. The van der Waals surface area contributed by atoms with Crippen LogP contribution in [0.4, 0.5) is 17.5 Å². The molecule has 0 aliphatic carbocycles. The normalized spacial score (nSPS) is 10.6. The minimum Gasteiger partial charge on any atom is -0.438 e. The molecule has 0 aliphatic heterocycles. The van der Waals surface area contributed by atoms with Crippen LogP contribution in [0.2, 0.25) is 0 Å². The van der Waals surface area contributed by atoms with Gasteiger partial charge in [0.15, 0.2) is 5.82 Å². The van der Waals surface area contributed by atoms with Gasteiger partial charge in [0.25, 0.3) is 0 Å². The SMILES string of the molecule is CCc1nnc(Nc2ccc(Oc3ncccc3-c3ccnc(NC)n3)cc2)cc1-c1ccccc1. The average molecular weight is 476 g/mol. The molecule has 0 saturated carbocycles. The summed E-state index contributed by atoms with van der Waals surface area (Å²) in [5.74, 6) is 2.33. The number of rotatable bonds is 8. The van der Waals surface area contributed by atoms with E-state index < -0.39 is 0 Å². The summed E-state index contributed by atoms with van der Waals surface area (Å²) in [5, 5.41) is 15.1. The fourth-order valence-corrected chi connectivity index (χ4v) is 3.77. The van der Waals surface area contributed by atoms with E-state index >= 15 is 0 Å². The number of benzene rings is 2. The molecule has 5 aromatic rings. The summed E-state index contributed by atoms with van der Waals surface area (Å²) in [6.07, 6.45) is 4.20. The van der Waals surface area contributed by atoms with E-state index in [4.69, 9.17) is 4.74 Å². The predicted molar refractivity (Wildman–Crippen MR) is 141 cm³/mol. The summed E-state index contributed by atoms with van der Waals surface area (Å²) in [7, 11) is 1.78. The molecule has 0 spiro atoms. The number of aromatic nitrogens is 5. The Morgan fingerprint density at radius 1 is 0.806 bits per heavy atom. The maximum atomic E-state index is 6.10. The van der Waals surface area contributed by atoms with Crippen LogP contribution in [0.1, 0.15) is 12.6 Å². The van der Waals surface area contributed by atoms with E-state index in [1.807, 2.05) is 66.7 Å². The zero-order chi connectivity index (χ0) is 24.7. The lowest BCUT2D eigenvalue weighted by Gasteiger charge is -2.12. The van der Waals surface area contributed by atoms with E-state index in [9.17, 15) is 0 Å². The molecular weight excluding hydrogens is 450 g/mol. The van der Waals surface area contributed by atoms with Crippen LogP contribution in [0.3, 0.4) is 0 Å². The molecule has 8 heteroatoms. The van der Waals surface area contributed by atoms with E-state index in [0.29, 0.717) is 23.4 Å². The van der Waals surface area contributed by atoms with E-state index in [1.165, 1.54) is 0 Å². The van der Waals surface area contributed by atoms with Crippen LogP contribution < -0.4 is 15.4 Å². The summed E-state index contributed by atoms with van der Waals surface area (Å²) >= 11 is 0. The van der Waals surface area contributed by atoms with Gasteiger partial charge in [0.05, 0.1) is 17.0 Å². The first-order chi connectivity index (χ1) is 17.7. The van der Waals surface area contributed by atoms with Crippen molar-refractivity contribution in [2.75, 3.05) is 17.7 Å². The van der Waals surface area contributed by atoms with Crippen LogP contribution >= 0.6 is 0 Å². The summed E-state index contributed by atoms with van der Waals surface area (Å²) in [5.41, 5.74) is 5.53. The highest BCUT2D eigenvalue weighted by atomic mass is 16.5. The maximum absolute atomic E-state index is 6.10. The molecule has 2 aromatic carbocycles. The predicted octanol–water partition coefficient (Wildman–Crippen LogP) is 6.14. The highest BCUT2D eigenvalue weighted by molar-refractivity contribution is 5.70. The van der Waals surface area contributed by atoms with Crippen LogP contribution in [0, 0.1) is 0 Å². The third-order valence-corrected chi connectivity index (χ3v) is 5.56. The number of anilines is 3. The number of ether oxygens (including phenoxy) is 1. The largest absolute Gasteiger partial charge is 0.438 e. The summed E-state index contributed by atoms with van der Waals surface area (Å²) in [6, 6.07) is 25.5. The van der Waals surface area contributed by atoms with Crippen molar-refractivity contribution in [1.82, 2.24) is 25.1 Å². The van der Waals surface area contributed by atoms with Crippen LogP contribution in [0.15, 0.2) is 91.3 Å². The van der Waals surface area contributed by atoms with E-state index in [0.717, 1.165) is 40.2 Å². The zero-order valence-electron chi connectivity index (χ0n) is 20.0. The number of hydrogen-bond donors (Lipinski definition) is 2. The number of nitrogens with one attached hydrogen (secondary N) is 2. The molecule has 2 N–H and O–H groups in total. The standard InChI is InChI=1S/C28H25N7O/c1-3-24-23(19-8-5-4-6-9-19)18-26(35-34-24)32-20-11-13-21(14-12-20)36-27-22(10-7-16-30-27)25-15-17-31-28(29-2)33-25/h4-18H,3H2,1-2H3,(H,32,35)(H,29,31,33). The molecule has 36 heavy (non-hydrogen) atoms. The second kappa shape index (κ2) is 10.6. The molecule has 0 saturated heterocycles. The molecule has 0 aliphatic rings. The molecule has 0 amide bonds. The molecule has 178 valence electrons. The molecule has 8 nitrogen and oxygen atoms in total. The van der Waals surface area contributed by atoms with E-state index in [2.05, 4.69) is 54.8 Å². The van der Waals surface area contributed by atoms with Gasteiger partial charge >= 0.3 is 0 Å².